The van der Waals surface area contributed by atoms with Crippen molar-refractivity contribution < 1.29 is 4.74 Å². The van der Waals surface area contributed by atoms with E-state index in [-0.39, 0.29) is 0 Å². The van der Waals surface area contributed by atoms with Crippen LogP contribution < -0.4 is 10.1 Å². The molecule has 1 aromatic carbocycles. The molecule has 1 aliphatic carbocycles. The third kappa shape index (κ3) is 3.87. The Kier molecular flexibility index (Phi) is 4.75. The first-order valence-corrected chi connectivity index (χ1v) is 7.88. The monoisotopic (exact) mass is 300 g/mol. The second-order valence-electron chi connectivity index (χ2n) is 5.95. The Morgan fingerprint density at radius 1 is 1.32 bits per heavy atom. The van der Waals surface area contributed by atoms with Crippen LogP contribution in [0.2, 0.25) is 0 Å². The van der Waals surface area contributed by atoms with Crippen LogP contribution in [0.4, 0.5) is 0 Å². The van der Waals surface area contributed by atoms with Gasteiger partial charge in [-0.1, -0.05) is 0 Å². The highest BCUT2D eigenvalue weighted by Crippen LogP contribution is 2.29. The van der Waals surface area contributed by atoms with Crippen molar-refractivity contribution >= 4 is 0 Å². The predicted molar refractivity (Wildman–Crippen MR) is 87.9 cm³/mol. The van der Waals surface area contributed by atoms with Gasteiger partial charge in [-0.3, -0.25) is 5.10 Å². The minimum atomic E-state index is 0.439. The number of hydrogen-bond acceptors (Lipinski definition) is 4. The van der Waals surface area contributed by atoms with Crippen molar-refractivity contribution in [1.29, 1.82) is 0 Å². The van der Waals surface area contributed by atoms with Crippen LogP contribution in [-0.2, 0) is 6.54 Å². The molecule has 1 heterocycles. The molecule has 118 valence electrons. The van der Waals surface area contributed by atoms with E-state index < -0.39 is 0 Å². The smallest absolute Gasteiger partial charge is 0.119 e. The Morgan fingerprint density at radius 3 is 2.77 bits per heavy atom. The van der Waals surface area contributed by atoms with Crippen molar-refractivity contribution in [3.8, 4) is 17.0 Å². The number of nitrogens with zero attached hydrogens (tertiary/aromatic N) is 2. The standard InChI is InChI=1S/C17H24N4O/c1-18-9-10-21(2)12-14-11-19-20-17(14)13-3-5-15(6-4-13)22-16-7-8-16/h3-6,11,16,18H,7-10,12H2,1-2H3,(H,19,20). The van der Waals surface area contributed by atoms with Crippen LogP contribution in [0.15, 0.2) is 30.5 Å². The fourth-order valence-corrected chi connectivity index (χ4v) is 2.43. The minimum Gasteiger partial charge on any atom is -0.490 e. The second kappa shape index (κ2) is 6.94. The molecule has 5 nitrogen and oxygen atoms in total. The van der Waals surface area contributed by atoms with E-state index in [1.54, 1.807) is 0 Å². The highest BCUT2D eigenvalue weighted by atomic mass is 16.5. The van der Waals surface area contributed by atoms with Crippen LogP contribution in [0.5, 0.6) is 5.75 Å². The van der Waals surface area contributed by atoms with Gasteiger partial charge in [-0.05, 0) is 51.2 Å². The first-order valence-electron chi connectivity index (χ1n) is 7.88. The SMILES string of the molecule is CNCCN(C)Cc1cn[nH]c1-c1ccc(OC2CC2)cc1. The molecule has 2 N–H and O–H groups in total. The van der Waals surface area contributed by atoms with Crippen LogP contribution in [0.1, 0.15) is 18.4 Å². The number of benzene rings is 1. The summed E-state index contributed by atoms with van der Waals surface area (Å²) in [4.78, 5) is 2.29. The van der Waals surface area contributed by atoms with E-state index >= 15 is 0 Å². The van der Waals surface area contributed by atoms with Crippen molar-refractivity contribution in [1.82, 2.24) is 20.4 Å². The molecular weight excluding hydrogens is 276 g/mol. The Bertz CT molecular complexity index is 589. The summed E-state index contributed by atoms with van der Waals surface area (Å²) in [7, 11) is 4.10. The zero-order valence-electron chi connectivity index (χ0n) is 13.3. The molecule has 5 heteroatoms. The Labute approximate surface area is 131 Å². The van der Waals surface area contributed by atoms with Crippen molar-refractivity contribution in [3.63, 3.8) is 0 Å². The van der Waals surface area contributed by atoms with Gasteiger partial charge in [-0.2, -0.15) is 5.10 Å². The van der Waals surface area contributed by atoms with E-state index in [2.05, 4.69) is 39.6 Å². The quantitative estimate of drug-likeness (QED) is 0.785. The third-order valence-electron chi connectivity index (χ3n) is 3.87. The third-order valence-corrected chi connectivity index (χ3v) is 3.87. The van der Waals surface area contributed by atoms with Gasteiger partial charge in [0.1, 0.15) is 5.75 Å². The minimum absolute atomic E-state index is 0.439. The largest absolute Gasteiger partial charge is 0.490 e. The topological polar surface area (TPSA) is 53.2 Å². The van der Waals surface area contributed by atoms with E-state index in [9.17, 15) is 0 Å². The lowest BCUT2D eigenvalue weighted by Gasteiger charge is -2.16. The van der Waals surface area contributed by atoms with Gasteiger partial charge in [0.2, 0.25) is 0 Å². The maximum atomic E-state index is 5.80. The first-order chi connectivity index (χ1) is 10.8. The van der Waals surface area contributed by atoms with Crippen LogP contribution in [0, 0.1) is 0 Å². The number of aromatic amines is 1. The fraction of sp³-hybridized carbons (Fsp3) is 0.471. The van der Waals surface area contributed by atoms with Crippen LogP contribution in [0.3, 0.4) is 0 Å². The molecule has 1 aromatic heterocycles. The molecule has 22 heavy (non-hydrogen) atoms. The van der Waals surface area contributed by atoms with Gasteiger partial charge in [0, 0.05) is 30.8 Å². The summed E-state index contributed by atoms with van der Waals surface area (Å²) in [5, 5.41) is 10.5. The second-order valence-corrected chi connectivity index (χ2v) is 5.95. The van der Waals surface area contributed by atoms with E-state index in [4.69, 9.17) is 4.74 Å². The molecule has 3 rings (SSSR count). The highest BCUT2D eigenvalue weighted by molar-refractivity contribution is 5.63. The molecule has 0 unspecified atom stereocenters. The molecule has 0 bridgehead atoms. The van der Waals surface area contributed by atoms with Gasteiger partial charge in [0.05, 0.1) is 18.0 Å². The lowest BCUT2D eigenvalue weighted by Crippen LogP contribution is -2.26. The summed E-state index contributed by atoms with van der Waals surface area (Å²) in [6, 6.07) is 8.29. The fourth-order valence-electron chi connectivity index (χ4n) is 2.43. The van der Waals surface area contributed by atoms with Crippen molar-refractivity contribution in [2.24, 2.45) is 0 Å². The average Bonchev–Trinajstić information content (AvgIpc) is 3.22. The first kappa shape index (κ1) is 15.1. The summed E-state index contributed by atoms with van der Waals surface area (Å²) in [6.45, 7) is 2.88. The molecule has 0 aliphatic heterocycles. The molecule has 1 aliphatic rings. The number of H-pyrrole nitrogens is 1. The zero-order chi connectivity index (χ0) is 15.4. The van der Waals surface area contributed by atoms with Crippen molar-refractivity contribution in [3.05, 3.63) is 36.0 Å². The normalized spacial score (nSPS) is 14.5. The molecule has 0 saturated heterocycles. The van der Waals surface area contributed by atoms with Gasteiger partial charge in [0.15, 0.2) is 0 Å². The Balaban J connectivity index is 1.67. The van der Waals surface area contributed by atoms with E-state index in [1.807, 2.05) is 25.4 Å². The lowest BCUT2D eigenvalue weighted by atomic mass is 10.1. The van der Waals surface area contributed by atoms with E-state index in [0.29, 0.717) is 6.10 Å². The summed E-state index contributed by atoms with van der Waals surface area (Å²) >= 11 is 0. The van der Waals surface area contributed by atoms with Crippen LogP contribution in [-0.4, -0.2) is 48.4 Å². The molecule has 1 fully saturated rings. The maximum absolute atomic E-state index is 5.80. The highest BCUT2D eigenvalue weighted by Gasteiger charge is 2.23. The molecule has 2 aromatic rings. The predicted octanol–water partition coefficient (Wildman–Crippen LogP) is 2.27. The summed E-state index contributed by atoms with van der Waals surface area (Å²) in [5.41, 5.74) is 3.46. The van der Waals surface area contributed by atoms with E-state index in [0.717, 1.165) is 36.6 Å². The molecule has 1 saturated carbocycles. The molecular formula is C17H24N4O. The average molecular weight is 300 g/mol. The van der Waals surface area contributed by atoms with Gasteiger partial charge in [-0.25, -0.2) is 0 Å². The number of hydrogen-bond donors (Lipinski definition) is 2. The molecule has 0 spiro atoms. The number of likely N-dealkylation sites (N-methyl/N-ethyl adjacent to an activating group) is 2. The molecule has 0 amide bonds. The summed E-state index contributed by atoms with van der Waals surface area (Å²) in [6.07, 6.45) is 4.73. The molecule has 0 radical (unpaired) electrons. The van der Waals surface area contributed by atoms with Crippen molar-refractivity contribution in [2.45, 2.75) is 25.5 Å². The number of rotatable bonds is 8. The van der Waals surface area contributed by atoms with Gasteiger partial charge in [0.25, 0.3) is 0 Å². The Morgan fingerprint density at radius 2 is 2.09 bits per heavy atom. The number of ether oxygens (including phenoxy) is 1. The maximum Gasteiger partial charge on any atom is 0.119 e. The van der Waals surface area contributed by atoms with Gasteiger partial charge in [-0.15, -0.1) is 0 Å². The summed E-state index contributed by atoms with van der Waals surface area (Å²) < 4.78 is 5.80. The van der Waals surface area contributed by atoms with Gasteiger partial charge < -0.3 is 15.0 Å². The van der Waals surface area contributed by atoms with Crippen molar-refractivity contribution in [2.75, 3.05) is 27.2 Å². The molecule has 0 atom stereocenters. The number of aromatic nitrogens is 2. The van der Waals surface area contributed by atoms with Crippen LogP contribution >= 0.6 is 0 Å². The zero-order valence-corrected chi connectivity index (χ0v) is 13.3. The van der Waals surface area contributed by atoms with Gasteiger partial charge >= 0.3 is 0 Å². The summed E-state index contributed by atoms with van der Waals surface area (Å²) in [5.74, 6) is 0.957. The van der Waals surface area contributed by atoms with Crippen LogP contribution in [0.25, 0.3) is 11.3 Å². The Hall–Kier alpha value is -1.85. The lowest BCUT2D eigenvalue weighted by molar-refractivity contribution is 0.303. The number of nitrogens with one attached hydrogen (secondary N) is 2. The van der Waals surface area contributed by atoms with E-state index in [1.165, 1.54) is 18.4 Å².